The molecule has 2 aromatic carbocycles. The van der Waals surface area contributed by atoms with Crippen LogP contribution in [0.2, 0.25) is 0 Å². The van der Waals surface area contributed by atoms with Gasteiger partial charge in [0, 0.05) is 13.8 Å². The van der Waals surface area contributed by atoms with Crippen molar-refractivity contribution in [2.24, 2.45) is 10.6 Å². The summed E-state index contributed by atoms with van der Waals surface area (Å²) in [6.45, 7) is 2.29. The van der Waals surface area contributed by atoms with Crippen molar-refractivity contribution in [3.8, 4) is 0 Å². The molecule has 27 heavy (non-hydrogen) atoms. The van der Waals surface area contributed by atoms with Crippen LogP contribution in [0.4, 0.5) is 11.4 Å². The van der Waals surface area contributed by atoms with E-state index in [-0.39, 0.29) is 21.2 Å². The van der Waals surface area contributed by atoms with Crippen molar-refractivity contribution in [3.63, 3.8) is 0 Å². The van der Waals surface area contributed by atoms with E-state index in [0.717, 1.165) is 13.8 Å². The molecule has 0 unspecified atom stereocenters. The molecule has 0 aromatic heterocycles. The van der Waals surface area contributed by atoms with Crippen molar-refractivity contribution in [1.82, 2.24) is 0 Å². The van der Waals surface area contributed by atoms with E-state index in [4.69, 9.17) is 0 Å². The van der Waals surface area contributed by atoms with Gasteiger partial charge in [-0.3, -0.25) is 9.59 Å². The van der Waals surface area contributed by atoms with Crippen LogP contribution in [0.15, 0.2) is 68.9 Å². The Kier molecular flexibility index (Phi) is 5.75. The average molecular weight is 390 g/mol. The Hall–Kier alpha value is -3.47. The molecule has 0 bridgehead atoms. The minimum absolute atomic E-state index is 0.0784. The van der Waals surface area contributed by atoms with Crippen LogP contribution in [0.1, 0.15) is 13.8 Å². The molecule has 2 rings (SSSR count). The molecular weight excluding hydrogens is 376 g/mol. The summed E-state index contributed by atoms with van der Waals surface area (Å²) in [6, 6.07) is 10.0. The molecule has 0 heterocycles. The number of nitroso groups, excluding NO2 is 2. The Labute approximate surface area is 154 Å². The minimum atomic E-state index is -3.90. The van der Waals surface area contributed by atoms with Crippen LogP contribution in [0.3, 0.4) is 0 Å². The Morgan fingerprint density at radius 3 is 1.22 bits per heavy atom. The number of carbonyl (C=O) groups excluding carboxylic acids is 2. The monoisotopic (exact) mass is 390 g/mol. The van der Waals surface area contributed by atoms with Gasteiger partial charge in [0.05, 0.1) is 31.7 Å². The van der Waals surface area contributed by atoms with Gasteiger partial charge in [0.1, 0.15) is 0 Å². The van der Waals surface area contributed by atoms with E-state index in [2.05, 4.69) is 10.6 Å². The van der Waals surface area contributed by atoms with Gasteiger partial charge in [0.25, 0.3) is 0 Å². The lowest BCUT2D eigenvalue weighted by Crippen LogP contribution is -2.21. The van der Waals surface area contributed by atoms with E-state index in [9.17, 15) is 27.8 Å². The number of hydrogen-bond donors (Lipinski definition) is 0. The van der Waals surface area contributed by atoms with E-state index in [0.29, 0.717) is 10.0 Å². The molecule has 0 aliphatic carbocycles. The number of rotatable bonds is 6. The number of hydrogen-bond acceptors (Lipinski definition) is 8. The predicted octanol–water partition coefficient (Wildman–Crippen LogP) is 2.59. The number of carbonyl (C=O) groups is 2. The topological polar surface area (TPSA) is 134 Å². The third-order valence-corrected chi connectivity index (χ3v) is 5.33. The molecule has 140 valence electrons. The molecule has 0 N–H and O–H groups in total. The summed E-state index contributed by atoms with van der Waals surface area (Å²) < 4.78 is 25.3. The van der Waals surface area contributed by atoms with Crippen LogP contribution >= 0.6 is 0 Å². The fourth-order valence-electron chi connectivity index (χ4n) is 2.24. The number of nitrogens with zero attached hydrogens (tertiary/aromatic N) is 4. The van der Waals surface area contributed by atoms with Crippen LogP contribution in [0.5, 0.6) is 0 Å². The van der Waals surface area contributed by atoms with Gasteiger partial charge in [-0.1, -0.05) is 0 Å². The van der Waals surface area contributed by atoms with E-state index >= 15 is 0 Å². The fourth-order valence-corrected chi connectivity index (χ4v) is 3.50. The second kappa shape index (κ2) is 7.83. The van der Waals surface area contributed by atoms with Crippen molar-refractivity contribution in [3.05, 3.63) is 58.3 Å². The van der Waals surface area contributed by atoms with Gasteiger partial charge in [-0.05, 0) is 48.5 Å². The smallest absolute Gasteiger partial charge is 0.246 e. The van der Waals surface area contributed by atoms with Gasteiger partial charge < -0.3 is 0 Å². The lowest BCUT2D eigenvalue weighted by molar-refractivity contribution is -0.117. The van der Waals surface area contributed by atoms with E-state index in [1.165, 1.54) is 48.5 Å². The van der Waals surface area contributed by atoms with Crippen LogP contribution in [0, 0.1) is 9.81 Å². The largest absolute Gasteiger partial charge is 0.273 e. The summed E-state index contributed by atoms with van der Waals surface area (Å²) in [5.41, 5.74) is 0.252. The second-order valence-electron chi connectivity index (χ2n) is 5.32. The molecule has 2 amide bonds. The highest BCUT2D eigenvalue weighted by Crippen LogP contribution is 2.26. The minimum Gasteiger partial charge on any atom is -0.273 e. The molecule has 0 radical (unpaired) electrons. The highest BCUT2D eigenvalue weighted by Gasteiger charge is 2.20. The fraction of sp³-hybridized carbons (Fsp3) is 0.125. The number of anilines is 2. The van der Waals surface area contributed by atoms with Crippen LogP contribution < -0.4 is 10.0 Å². The molecule has 0 spiro atoms. The molecular formula is C16H14N4O6S. The van der Waals surface area contributed by atoms with Gasteiger partial charge in [-0.15, -0.1) is 9.81 Å². The Morgan fingerprint density at radius 2 is 1.00 bits per heavy atom. The third-order valence-electron chi connectivity index (χ3n) is 3.54. The third kappa shape index (κ3) is 4.03. The normalized spacial score (nSPS) is 10.7. The summed E-state index contributed by atoms with van der Waals surface area (Å²) in [4.78, 5) is 43.8. The highest BCUT2D eigenvalue weighted by molar-refractivity contribution is 7.91. The summed E-state index contributed by atoms with van der Waals surface area (Å²) >= 11 is 0. The quantitative estimate of drug-likeness (QED) is 0.550. The van der Waals surface area contributed by atoms with E-state index < -0.39 is 21.7 Å². The first-order valence-electron chi connectivity index (χ1n) is 7.45. The Bertz CT molecular complexity index is 911. The first-order valence-corrected chi connectivity index (χ1v) is 8.94. The molecule has 0 saturated carbocycles. The molecule has 11 heteroatoms. The van der Waals surface area contributed by atoms with Crippen LogP contribution in [0.25, 0.3) is 0 Å². The SMILES string of the molecule is CC(=O)N(N=O)c1ccc(S(=O)(=O)c2ccc(N(N=O)C(C)=O)cc2)cc1. The standard InChI is InChI=1S/C16H14N4O6S/c1-11(21)19(17-23)13-3-7-15(8-4-13)27(25,26)16-9-5-14(6-10-16)20(18-24)12(2)22/h3-10H,1-2H3. The van der Waals surface area contributed by atoms with Crippen molar-refractivity contribution in [2.75, 3.05) is 10.0 Å². The second-order valence-corrected chi connectivity index (χ2v) is 7.27. The summed E-state index contributed by atoms with van der Waals surface area (Å²) in [5.74, 6) is -1.23. The maximum Gasteiger partial charge on any atom is 0.246 e. The number of amides is 2. The maximum atomic E-state index is 12.7. The number of benzene rings is 2. The summed E-state index contributed by atoms with van der Waals surface area (Å²) in [5, 5.41) is 6.33. The Morgan fingerprint density at radius 1 is 0.704 bits per heavy atom. The molecule has 2 aromatic rings. The molecule has 0 aliphatic heterocycles. The lowest BCUT2D eigenvalue weighted by atomic mass is 10.3. The van der Waals surface area contributed by atoms with Gasteiger partial charge in [0.15, 0.2) is 0 Å². The average Bonchev–Trinajstić information content (AvgIpc) is 2.63. The van der Waals surface area contributed by atoms with Gasteiger partial charge in [-0.2, -0.15) is 10.0 Å². The van der Waals surface area contributed by atoms with E-state index in [1.807, 2.05) is 0 Å². The summed E-state index contributed by atoms with van der Waals surface area (Å²) in [6.07, 6.45) is 0. The molecule has 0 fully saturated rings. The zero-order valence-electron chi connectivity index (χ0n) is 14.3. The summed E-state index contributed by atoms with van der Waals surface area (Å²) in [7, 11) is -3.90. The highest BCUT2D eigenvalue weighted by atomic mass is 32.2. The van der Waals surface area contributed by atoms with Crippen LogP contribution in [-0.2, 0) is 19.4 Å². The van der Waals surface area contributed by atoms with Crippen molar-refractivity contribution < 1.29 is 18.0 Å². The van der Waals surface area contributed by atoms with Crippen molar-refractivity contribution >= 4 is 33.0 Å². The maximum absolute atomic E-state index is 12.7. The number of sulfone groups is 1. The Balaban J connectivity index is 2.35. The van der Waals surface area contributed by atoms with Gasteiger partial charge in [0.2, 0.25) is 21.7 Å². The molecule has 0 saturated heterocycles. The van der Waals surface area contributed by atoms with Crippen molar-refractivity contribution in [2.45, 2.75) is 23.6 Å². The van der Waals surface area contributed by atoms with E-state index in [1.54, 1.807) is 0 Å². The molecule has 0 atom stereocenters. The first-order chi connectivity index (χ1) is 12.7. The lowest BCUT2D eigenvalue weighted by Gasteiger charge is -2.13. The molecule has 10 nitrogen and oxygen atoms in total. The zero-order valence-corrected chi connectivity index (χ0v) is 15.1. The van der Waals surface area contributed by atoms with Gasteiger partial charge in [-0.25, -0.2) is 8.42 Å². The van der Waals surface area contributed by atoms with Gasteiger partial charge >= 0.3 is 0 Å². The molecule has 0 aliphatic rings. The van der Waals surface area contributed by atoms with Crippen molar-refractivity contribution in [1.29, 1.82) is 0 Å². The first kappa shape index (κ1) is 19.8. The predicted molar refractivity (Wildman–Crippen MR) is 96.2 cm³/mol. The zero-order chi connectivity index (χ0) is 20.2. The van der Waals surface area contributed by atoms with Crippen LogP contribution in [-0.4, -0.2) is 20.2 Å².